The molecule has 1 heterocycles. The molecule has 3 nitrogen and oxygen atoms in total. The first kappa shape index (κ1) is 10.1. The quantitative estimate of drug-likeness (QED) is 0.775. The fourth-order valence-electron chi connectivity index (χ4n) is 1.14. The Morgan fingerprint density at radius 3 is 2.92 bits per heavy atom. The second-order valence-corrected chi connectivity index (χ2v) is 3.99. The third-order valence-electron chi connectivity index (χ3n) is 1.78. The lowest BCUT2D eigenvalue weighted by Gasteiger charge is -1.95. The Morgan fingerprint density at radius 2 is 2.38 bits per heavy atom. The molecule has 0 atom stereocenters. The third kappa shape index (κ3) is 2.21. The molecule has 0 saturated heterocycles. The lowest BCUT2D eigenvalue weighted by atomic mass is 10.2. The van der Waals surface area contributed by atoms with Gasteiger partial charge >= 0.3 is 0 Å². The van der Waals surface area contributed by atoms with E-state index in [2.05, 4.69) is 12.2 Å². The van der Waals surface area contributed by atoms with Gasteiger partial charge in [0.25, 0.3) is 5.91 Å². The monoisotopic (exact) mass is 198 g/mol. The zero-order valence-electron chi connectivity index (χ0n) is 7.89. The van der Waals surface area contributed by atoms with Gasteiger partial charge in [0.1, 0.15) is 0 Å². The van der Waals surface area contributed by atoms with Crippen molar-refractivity contribution in [3.63, 3.8) is 0 Å². The predicted octanol–water partition coefficient (Wildman–Crippen LogP) is 1.64. The molecular weight excluding hydrogens is 184 g/mol. The fourth-order valence-corrected chi connectivity index (χ4v) is 2.17. The van der Waals surface area contributed by atoms with Crippen molar-refractivity contribution >= 4 is 22.2 Å². The van der Waals surface area contributed by atoms with Crippen LogP contribution in [0.3, 0.4) is 0 Å². The standard InChI is InChI=1S/C9H14N2OS/c1-3-4-6-5-7(8(10)13-6)9(12)11-2/h5H,3-4,10H2,1-2H3,(H,11,12). The predicted molar refractivity (Wildman–Crippen MR) is 56.1 cm³/mol. The van der Waals surface area contributed by atoms with Gasteiger partial charge in [-0.15, -0.1) is 11.3 Å². The number of anilines is 1. The molecule has 0 aliphatic carbocycles. The van der Waals surface area contributed by atoms with E-state index < -0.39 is 0 Å². The van der Waals surface area contributed by atoms with E-state index in [1.165, 1.54) is 16.2 Å². The van der Waals surface area contributed by atoms with Gasteiger partial charge in [-0.2, -0.15) is 0 Å². The first-order chi connectivity index (χ1) is 6.19. The molecule has 0 spiro atoms. The summed E-state index contributed by atoms with van der Waals surface area (Å²) in [6.45, 7) is 2.11. The van der Waals surface area contributed by atoms with Crippen LogP contribution in [0.15, 0.2) is 6.07 Å². The van der Waals surface area contributed by atoms with Crippen LogP contribution in [0.5, 0.6) is 0 Å². The van der Waals surface area contributed by atoms with Gasteiger partial charge in [0.2, 0.25) is 0 Å². The van der Waals surface area contributed by atoms with E-state index in [0.717, 1.165) is 12.8 Å². The molecule has 1 aromatic rings. The van der Waals surface area contributed by atoms with Crippen molar-refractivity contribution in [1.29, 1.82) is 0 Å². The highest BCUT2D eigenvalue weighted by Gasteiger charge is 2.11. The zero-order valence-corrected chi connectivity index (χ0v) is 8.70. The average molecular weight is 198 g/mol. The Morgan fingerprint density at radius 1 is 1.69 bits per heavy atom. The normalized spacial score (nSPS) is 10.0. The molecule has 0 aliphatic rings. The van der Waals surface area contributed by atoms with Crippen molar-refractivity contribution in [3.8, 4) is 0 Å². The Labute approximate surface area is 81.9 Å². The summed E-state index contributed by atoms with van der Waals surface area (Å²) in [5.41, 5.74) is 6.31. The molecule has 0 aliphatic heterocycles. The summed E-state index contributed by atoms with van der Waals surface area (Å²) < 4.78 is 0. The topological polar surface area (TPSA) is 55.1 Å². The molecule has 1 aromatic heterocycles. The smallest absolute Gasteiger partial charge is 0.254 e. The molecule has 13 heavy (non-hydrogen) atoms. The maximum absolute atomic E-state index is 11.3. The number of carbonyl (C=O) groups is 1. The minimum absolute atomic E-state index is 0.101. The molecule has 1 amide bonds. The lowest BCUT2D eigenvalue weighted by Crippen LogP contribution is -2.18. The Kier molecular flexibility index (Phi) is 3.31. The molecule has 1 rings (SSSR count). The van der Waals surface area contributed by atoms with Gasteiger partial charge in [-0.1, -0.05) is 13.3 Å². The molecule has 0 fully saturated rings. The second-order valence-electron chi connectivity index (χ2n) is 2.82. The average Bonchev–Trinajstić information content (AvgIpc) is 2.46. The maximum atomic E-state index is 11.3. The van der Waals surface area contributed by atoms with Gasteiger partial charge in [0.15, 0.2) is 0 Å². The van der Waals surface area contributed by atoms with E-state index in [9.17, 15) is 4.79 Å². The van der Waals surface area contributed by atoms with Crippen molar-refractivity contribution in [2.75, 3.05) is 12.8 Å². The zero-order chi connectivity index (χ0) is 9.84. The molecular formula is C9H14N2OS. The Bertz CT molecular complexity index is 307. The highest BCUT2D eigenvalue weighted by atomic mass is 32.1. The summed E-state index contributed by atoms with van der Waals surface area (Å²) in [4.78, 5) is 12.4. The highest BCUT2D eigenvalue weighted by Crippen LogP contribution is 2.25. The molecule has 0 unspecified atom stereocenters. The highest BCUT2D eigenvalue weighted by molar-refractivity contribution is 7.16. The van der Waals surface area contributed by atoms with Gasteiger partial charge in [0.05, 0.1) is 10.6 Å². The SMILES string of the molecule is CCCc1cc(C(=O)NC)c(N)s1. The van der Waals surface area contributed by atoms with Crippen LogP contribution in [-0.2, 0) is 6.42 Å². The second kappa shape index (κ2) is 4.28. The van der Waals surface area contributed by atoms with Crippen LogP contribution in [0, 0.1) is 0 Å². The minimum atomic E-state index is -0.101. The number of amides is 1. The molecule has 72 valence electrons. The van der Waals surface area contributed by atoms with Crippen LogP contribution < -0.4 is 11.1 Å². The number of hydrogen-bond donors (Lipinski definition) is 2. The number of thiophene rings is 1. The van der Waals surface area contributed by atoms with Crippen molar-refractivity contribution in [3.05, 3.63) is 16.5 Å². The summed E-state index contributed by atoms with van der Waals surface area (Å²) in [5.74, 6) is -0.101. The number of hydrogen-bond acceptors (Lipinski definition) is 3. The van der Waals surface area contributed by atoms with Gasteiger partial charge in [-0.25, -0.2) is 0 Å². The summed E-state index contributed by atoms with van der Waals surface area (Å²) >= 11 is 1.50. The molecule has 0 radical (unpaired) electrons. The van der Waals surface area contributed by atoms with Crippen molar-refractivity contribution in [1.82, 2.24) is 5.32 Å². The fraction of sp³-hybridized carbons (Fsp3) is 0.444. The van der Waals surface area contributed by atoms with E-state index in [1.807, 2.05) is 6.07 Å². The molecule has 0 aromatic carbocycles. The van der Waals surface area contributed by atoms with Crippen LogP contribution >= 0.6 is 11.3 Å². The maximum Gasteiger partial charge on any atom is 0.254 e. The summed E-state index contributed by atoms with van der Waals surface area (Å²) in [5, 5.41) is 3.18. The first-order valence-corrected chi connectivity index (χ1v) is 5.11. The number of carbonyl (C=O) groups excluding carboxylic acids is 1. The van der Waals surface area contributed by atoms with E-state index in [-0.39, 0.29) is 5.91 Å². The number of nitrogen functional groups attached to an aromatic ring is 1. The lowest BCUT2D eigenvalue weighted by molar-refractivity contribution is 0.0964. The number of nitrogens with two attached hydrogens (primary N) is 1. The number of rotatable bonds is 3. The summed E-state index contributed by atoms with van der Waals surface area (Å²) in [6.07, 6.45) is 2.07. The Hall–Kier alpha value is -1.03. The van der Waals surface area contributed by atoms with Gasteiger partial charge in [-0.05, 0) is 12.5 Å². The van der Waals surface area contributed by atoms with Crippen molar-refractivity contribution < 1.29 is 4.79 Å². The largest absolute Gasteiger partial charge is 0.390 e. The van der Waals surface area contributed by atoms with Crippen molar-refractivity contribution in [2.24, 2.45) is 0 Å². The minimum Gasteiger partial charge on any atom is -0.390 e. The van der Waals surface area contributed by atoms with Crippen LogP contribution in [0.1, 0.15) is 28.6 Å². The Balaban J connectivity index is 2.89. The van der Waals surface area contributed by atoms with Crippen LogP contribution in [0.4, 0.5) is 5.00 Å². The summed E-state index contributed by atoms with van der Waals surface area (Å²) in [6, 6.07) is 1.88. The molecule has 3 N–H and O–H groups in total. The summed E-state index contributed by atoms with van der Waals surface area (Å²) in [7, 11) is 1.61. The van der Waals surface area contributed by atoms with Gasteiger partial charge < -0.3 is 11.1 Å². The third-order valence-corrected chi connectivity index (χ3v) is 2.80. The van der Waals surface area contributed by atoms with E-state index in [1.54, 1.807) is 7.05 Å². The molecule has 4 heteroatoms. The van der Waals surface area contributed by atoms with Gasteiger partial charge in [0, 0.05) is 11.9 Å². The van der Waals surface area contributed by atoms with Crippen LogP contribution in [0.2, 0.25) is 0 Å². The van der Waals surface area contributed by atoms with E-state index >= 15 is 0 Å². The van der Waals surface area contributed by atoms with Crippen LogP contribution in [0.25, 0.3) is 0 Å². The van der Waals surface area contributed by atoms with E-state index in [4.69, 9.17) is 5.73 Å². The van der Waals surface area contributed by atoms with Gasteiger partial charge in [-0.3, -0.25) is 4.79 Å². The van der Waals surface area contributed by atoms with Crippen LogP contribution in [-0.4, -0.2) is 13.0 Å². The first-order valence-electron chi connectivity index (χ1n) is 4.29. The molecule has 0 bridgehead atoms. The van der Waals surface area contributed by atoms with E-state index in [0.29, 0.717) is 10.6 Å². The number of nitrogens with one attached hydrogen (secondary N) is 1. The molecule has 0 saturated carbocycles. The van der Waals surface area contributed by atoms with Crippen molar-refractivity contribution in [2.45, 2.75) is 19.8 Å². The number of aryl methyl sites for hydroxylation is 1.